The third-order valence-electron chi connectivity index (χ3n) is 5.05. The second kappa shape index (κ2) is 9.45. The van der Waals surface area contributed by atoms with Gasteiger partial charge in [0.05, 0.1) is 5.56 Å². The van der Waals surface area contributed by atoms with Crippen LogP contribution in [0.2, 0.25) is 0 Å². The lowest BCUT2D eigenvalue weighted by molar-refractivity contribution is 0.0696. The number of hydrogen-bond acceptors (Lipinski definition) is 6. The Balaban J connectivity index is 1.49. The molecule has 4 rings (SSSR count). The van der Waals surface area contributed by atoms with Crippen molar-refractivity contribution >= 4 is 23.6 Å². The van der Waals surface area contributed by atoms with Crippen molar-refractivity contribution in [2.24, 2.45) is 0 Å². The Labute approximate surface area is 192 Å². The molecule has 0 atom stereocenters. The van der Waals surface area contributed by atoms with Crippen LogP contribution >= 0.6 is 0 Å². The minimum absolute atomic E-state index is 0.0321. The predicted octanol–water partition coefficient (Wildman–Crippen LogP) is 2.13. The van der Waals surface area contributed by atoms with Crippen molar-refractivity contribution in [2.45, 2.75) is 20.0 Å². The first-order valence-corrected chi connectivity index (χ1v) is 10.2. The molecular weight excluding hydrogens is 443 g/mol. The average molecular weight is 462 g/mol. The first-order valence-electron chi connectivity index (χ1n) is 10.2. The summed E-state index contributed by atoms with van der Waals surface area (Å²) in [6.07, 6.45) is 1.21. The van der Waals surface area contributed by atoms with Gasteiger partial charge in [0.25, 0.3) is 17.6 Å². The maximum atomic E-state index is 13.4. The molecule has 4 aromatic rings. The number of aromatic nitrogens is 4. The van der Waals surface area contributed by atoms with Crippen molar-refractivity contribution in [3.63, 3.8) is 0 Å². The van der Waals surface area contributed by atoms with E-state index in [1.807, 2.05) is 0 Å². The molecule has 0 aliphatic carbocycles. The van der Waals surface area contributed by atoms with Gasteiger partial charge in [-0.25, -0.2) is 14.2 Å². The van der Waals surface area contributed by atoms with Gasteiger partial charge < -0.3 is 15.7 Å². The summed E-state index contributed by atoms with van der Waals surface area (Å²) in [5, 5.41) is 18.4. The van der Waals surface area contributed by atoms with Crippen molar-refractivity contribution in [3.05, 3.63) is 94.3 Å². The number of carboxylic acids is 1. The van der Waals surface area contributed by atoms with E-state index in [0.29, 0.717) is 16.7 Å². The van der Waals surface area contributed by atoms with Crippen LogP contribution in [0.25, 0.3) is 5.78 Å². The fourth-order valence-corrected chi connectivity index (χ4v) is 3.22. The van der Waals surface area contributed by atoms with E-state index in [1.165, 1.54) is 35.1 Å². The lowest BCUT2D eigenvalue weighted by atomic mass is 10.1. The number of fused-ring (bicyclic) bond motifs is 1. The smallest absolute Gasteiger partial charge is 0.335 e. The summed E-state index contributed by atoms with van der Waals surface area (Å²) < 4.78 is 14.7. The Hall–Kier alpha value is -4.67. The number of rotatable bonds is 7. The molecule has 3 N–H and O–H groups in total. The number of nitrogens with zero attached hydrogens (tertiary/aromatic N) is 4. The summed E-state index contributed by atoms with van der Waals surface area (Å²) in [6.45, 7) is 1.91. The quantitative estimate of drug-likeness (QED) is 0.382. The number of halogens is 1. The van der Waals surface area contributed by atoms with E-state index in [2.05, 4.69) is 25.7 Å². The number of hydrogen-bond donors (Lipinski definition) is 3. The van der Waals surface area contributed by atoms with Gasteiger partial charge >= 0.3 is 5.97 Å². The van der Waals surface area contributed by atoms with Crippen LogP contribution in [0, 0.1) is 12.7 Å². The largest absolute Gasteiger partial charge is 0.478 e. The predicted molar refractivity (Wildman–Crippen MR) is 118 cm³/mol. The van der Waals surface area contributed by atoms with Gasteiger partial charge in [0.1, 0.15) is 23.5 Å². The van der Waals surface area contributed by atoms with E-state index in [0.717, 1.165) is 0 Å². The maximum Gasteiger partial charge on any atom is 0.335 e. The highest BCUT2D eigenvalue weighted by molar-refractivity contribution is 5.98. The van der Waals surface area contributed by atoms with Gasteiger partial charge in [-0.3, -0.25) is 9.59 Å². The first-order chi connectivity index (χ1) is 16.3. The fraction of sp³-hybridized carbons (Fsp3) is 0.130. The molecular formula is C23H19FN6O4. The lowest BCUT2D eigenvalue weighted by Crippen LogP contribution is -2.28. The van der Waals surface area contributed by atoms with Crippen LogP contribution in [0.3, 0.4) is 0 Å². The number of amides is 2. The van der Waals surface area contributed by atoms with Crippen LogP contribution in [0.5, 0.6) is 0 Å². The first kappa shape index (κ1) is 22.5. The van der Waals surface area contributed by atoms with Gasteiger partial charge in [-0.1, -0.05) is 24.3 Å². The van der Waals surface area contributed by atoms with Crippen LogP contribution in [-0.2, 0) is 13.1 Å². The molecule has 10 nitrogen and oxygen atoms in total. The van der Waals surface area contributed by atoms with Gasteiger partial charge in [0.2, 0.25) is 0 Å². The summed E-state index contributed by atoms with van der Waals surface area (Å²) in [5.74, 6) is -2.36. The molecule has 0 unspecified atom stereocenters. The molecule has 0 spiro atoms. The Kier molecular flexibility index (Phi) is 6.26. The van der Waals surface area contributed by atoms with Crippen LogP contribution in [0.1, 0.15) is 48.0 Å². The lowest BCUT2D eigenvalue weighted by Gasteiger charge is -2.10. The minimum atomic E-state index is -1.04. The molecule has 34 heavy (non-hydrogen) atoms. The summed E-state index contributed by atoms with van der Waals surface area (Å²) >= 11 is 0. The number of aryl methyl sites for hydroxylation is 1. The molecule has 172 valence electrons. The number of carbonyl (C=O) groups is 3. The fourth-order valence-electron chi connectivity index (χ4n) is 3.22. The molecule has 0 aliphatic rings. The van der Waals surface area contributed by atoms with Gasteiger partial charge in [0, 0.05) is 19.2 Å². The van der Waals surface area contributed by atoms with E-state index in [4.69, 9.17) is 5.11 Å². The Morgan fingerprint density at radius 3 is 2.35 bits per heavy atom. The maximum absolute atomic E-state index is 13.4. The molecule has 0 radical (unpaired) electrons. The molecule has 2 aromatic heterocycles. The zero-order chi connectivity index (χ0) is 24.2. The van der Waals surface area contributed by atoms with Crippen molar-refractivity contribution in [1.29, 1.82) is 0 Å². The van der Waals surface area contributed by atoms with Crippen molar-refractivity contribution in [1.82, 2.24) is 30.2 Å². The number of carbonyl (C=O) groups excluding carboxylic acids is 2. The summed E-state index contributed by atoms with van der Waals surface area (Å²) in [6, 6.07) is 11.9. The molecule has 0 saturated heterocycles. The zero-order valence-corrected chi connectivity index (χ0v) is 17.9. The average Bonchev–Trinajstić information content (AvgIpc) is 3.31. The molecule has 0 saturated carbocycles. The Morgan fingerprint density at radius 1 is 0.971 bits per heavy atom. The van der Waals surface area contributed by atoms with Crippen molar-refractivity contribution < 1.29 is 23.9 Å². The topological polar surface area (TPSA) is 139 Å². The van der Waals surface area contributed by atoms with Gasteiger partial charge in [-0.2, -0.15) is 14.6 Å². The monoisotopic (exact) mass is 462 g/mol. The minimum Gasteiger partial charge on any atom is -0.478 e. The van der Waals surface area contributed by atoms with E-state index in [1.54, 1.807) is 31.2 Å². The molecule has 0 aliphatic heterocycles. The molecule has 0 fully saturated rings. The number of carboxylic acid groups (broad SMARTS) is 1. The summed E-state index contributed by atoms with van der Waals surface area (Å²) in [7, 11) is 0. The highest BCUT2D eigenvalue weighted by atomic mass is 19.1. The molecule has 2 amide bonds. The highest BCUT2D eigenvalue weighted by Crippen LogP contribution is 2.11. The van der Waals surface area contributed by atoms with E-state index in [-0.39, 0.29) is 41.6 Å². The second-order valence-corrected chi connectivity index (χ2v) is 7.45. The van der Waals surface area contributed by atoms with Gasteiger partial charge in [0.15, 0.2) is 0 Å². The summed E-state index contributed by atoms with van der Waals surface area (Å²) in [5.41, 5.74) is 2.02. The van der Waals surface area contributed by atoms with Gasteiger partial charge in [-0.05, 0) is 41.8 Å². The Morgan fingerprint density at radius 2 is 1.65 bits per heavy atom. The van der Waals surface area contributed by atoms with Crippen molar-refractivity contribution in [3.8, 4) is 0 Å². The number of benzene rings is 2. The van der Waals surface area contributed by atoms with E-state index >= 15 is 0 Å². The Bertz CT molecular complexity index is 1400. The standard InChI is InChI=1S/C23H19FN6O4/c1-13-8-15(4-7-17(13)24)11-25-20(31)18-9-19(30-23(29-18)27-12-28-30)21(32)26-10-14-2-5-16(6-3-14)22(33)34/h2-9,12H,10-11H2,1H3,(H,25,31)(H,26,32)(H,33,34). The van der Waals surface area contributed by atoms with E-state index in [9.17, 15) is 18.8 Å². The van der Waals surface area contributed by atoms with Crippen LogP contribution < -0.4 is 10.6 Å². The second-order valence-electron chi connectivity index (χ2n) is 7.45. The normalized spacial score (nSPS) is 10.8. The SMILES string of the molecule is Cc1cc(CNC(=O)c2cc(C(=O)NCc3ccc(C(=O)O)cc3)n3ncnc3n2)ccc1F. The zero-order valence-electron chi connectivity index (χ0n) is 17.9. The molecule has 2 heterocycles. The number of aromatic carboxylic acids is 1. The third-order valence-corrected chi connectivity index (χ3v) is 5.05. The van der Waals surface area contributed by atoms with Gasteiger partial charge in [-0.15, -0.1) is 0 Å². The van der Waals surface area contributed by atoms with Crippen LogP contribution in [0.15, 0.2) is 54.9 Å². The molecule has 2 aromatic carbocycles. The van der Waals surface area contributed by atoms with E-state index < -0.39 is 17.8 Å². The molecule has 0 bridgehead atoms. The van der Waals surface area contributed by atoms with Crippen LogP contribution in [0.4, 0.5) is 4.39 Å². The third kappa shape index (κ3) is 4.88. The van der Waals surface area contributed by atoms with Crippen molar-refractivity contribution in [2.75, 3.05) is 0 Å². The van der Waals surface area contributed by atoms with Crippen LogP contribution in [-0.4, -0.2) is 42.5 Å². The summed E-state index contributed by atoms with van der Waals surface area (Å²) in [4.78, 5) is 44.6. The number of nitrogens with one attached hydrogen (secondary N) is 2. The molecule has 11 heteroatoms. The highest BCUT2D eigenvalue weighted by Gasteiger charge is 2.18.